The van der Waals surface area contributed by atoms with Crippen LogP contribution < -0.4 is 10.6 Å². The van der Waals surface area contributed by atoms with Gasteiger partial charge in [-0.05, 0) is 29.7 Å². The fraction of sp³-hybridized carbons (Fsp3) is 0.409. The number of allylic oxidation sites excluding steroid dienone is 2. The Morgan fingerprint density at radius 2 is 2.00 bits per heavy atom. The Morgan fingerprint density at radius 3 is 2.66 bits per heavy atom. The number of hydrogen-bond donors (Lipinski definition) is 1. The quantitative estimate of drug-likeness (QED) is 0.736. The smallest absolute Gasteiger partial charge is 0.394 e. The Balaban J connectivity index is 1.73. The zero-order valence-electron chi connectivity index (χ0n) is 18.2. The third-order valence-electron chi connectivity index (χ3n) is 6.06. The number of carbonyl (C=O) groups excluding carboxylic acids is 1. The van der Waals surface area contributed by atoms with Gasteiger partial charge >= 0.3 is 6.18 Å². The van der Waals surface area contributed by atoms with Crippen LogP contribution in [0.5, 0.6) is 0 Å². The molecule has 0 saturated carbocycles. The maximum Gasteiger partial charge on any atom is 0.431 e. The van der Waals surface area contributed by atoms with Gasteiger partial charge in [0.15, 0.2) is 5.82 Å². The minimum Gasteiger partial charge on any atom is -0.394 e. The van der Waals surface area contributed by atoms with Crippen molar-refractivity contribution >= 4 is 29.2 Å². The first-order valence-corrected chi connectivity index (χ1v) is 10.3. The molecule has 1 aromatic carbocycles. The van der Waals surface area contributed by atoms with Gasteiger partial charge in [-0.3, -0.25) is 14.5 Å². The number of carbonyl (C=O) groups is 1. The molecule has 0 atom stereocenters. The molecule has 1 aromatic heterocycles. The zero-order valence-corrected chi connectivity index (χ0v) is 18.2. The van der Waals surface area contributed by atoms with Crippen LogP contribution in [0.25, 0.3) is 5.57 Å². The number of aromatic nitrogens is 2. The molecule has 3 heterocycles. The summed E-state index contributed by atoms with van der Waals surface area (Å²) in [4.78, 5) is 19.5. The Kier molecular flexibility index (Phi) is 5.47. The van der Waals surface area contributed by atoms with E-state index >= 15 is 0 Å². The van der Waals surface area contributed by atoms with Crippen LogP contribution in [0, 0.1) is 0 Å². The fourth-order valence-corrected chi connectivity index (χ4v) is 4.43. The van der Waals surface area contributed by atoms with E-state index in [0.717, 1.165) is 41.0 Å². The molecule has 0 spiro atoms. The molecule has 1 amide bonds. The van der Waals surface area contributed by atoms with Crippen LogP contribution in [-0.4, -0.2) is 53.1 Å². The number of halogens is 3. The molecule has 0 aliphatic carbocycles. The van der Waals surface area contributed by atoms with Crippen LogP contribution in [0.2, 0.25) is 0 Å². The van der Waals surface area contributed by atoms with Crippen LogP contribution in [0.4, 0.5) is 24.7 Å². The van der Waals surface area contributed by atoms with Crippen molar-refractivity contribution in [3.63, 3.8) is 0 Å². The van der Waals surface area contributed by atoms with Gasteiger partial charge in [0.25, 0.3) is 0 Å². The number of benzene rings is 1. The lowest BCUT2D eigenvalue weighted by Crippen LogP contribution is -2.35. The predicted octanol–water partition coefficient (Wildman–Crippen LogP) is 2.95. The van der Waals surface area contributed by atoms with Crippen molar-refractivity contribution in [1.82, 2.24) is 14.7 Å². The van der Waals surface area contributed by atoms with E-state index in [1.807, 2.05) is 11.7 Å². The van der Waals surface area contributed by atoms with Crippen molar-refractivity contribution in [2.75, 3.05) is 25.0 Å². The van der Waals surface area contributed by atoms with Crippen molar-refractivity contribution in [1.29, 1.82) is 0 Å². The van der Waals surface area contributed by atoms with Crippen LogP contribution >= 0.6 is 0 Å². The van der Waals surface area contributed by atoms with Crippen LogP contribution in [0.1, 0.15) is 29.3 Å². The maximum absolute atomic E-state index is 13.2. The number of rotatable bonds is 3. The Hall–Kier alpha value is -3.30. The SMILES string of the molecule is CN=CC(=C(N)C(F)(F)F)c1ccc2c(c1)CCN2c1nn(C)c2c1CN(C(C)=O)CC2. The summed E-state index contributed by atoms with van der Waals surface area (Å²) in [5, 5.41) is 4.72. The molecule has 0 bridgehead atoms. The van der Waals surface area contributed by atoms with Crippen molar-refractivity contribution < 1.29 is 18.0 Å². The number of fused-ring (bicyclic) bond motifs is 2. The molecule has 0 saturated heterocycles. The molecular weight excluding hydrogens is 421 g/mol. The van der Waals surface area contributed by atoms with Gasteiger partial charge in [-0.25, -0.2) is 0 Å². The first kappa shape index (κ1) is 21.9. The van der Waals surface area contributed by atoms with Gasteiger partial charge in [-0.15, -0.1) is 0 Å². The molecule has 32 heavy (non-hydrogen) atoms. The molecule has 7 nitrogen and oxygen atoms in total. The highest BCUT2D eigenvalue weighted by Gasteiger charge is 2.35. The molecule has 170 valence electrons. The van der Waals surface area contributed by atoms with Crippen LogP contribution in [0.15, 0.2) is 28.9 Å². The average Bonchev–Trinajstić information content (AvgIpc) is 3.30. The van der Waals surface area contributed by atoms with E-state index in [0.29, 0.717) is 31.6 Å². The lowest BCUT2D eigenvalue weighted by Gasteiger charge is -2.28. The molecule has 10 heteroatoms. The minimum absolute atomic E-state index is 0.0241. The largest absolute Gasteiger partial charge is 0.431 e. The normalized spacial score (nSPS) is 16.9. The third-order valence-corrected chi connectivity index (χ3v) is 6.06. The van der Waals surface area contributed by atoms with Gasteiger partial charge in [0.2, 0.25) is 5.91 Å². The van der Waals surface area contributed by atoms with E-state index in [4.69, 9.17) is 10.8 Å². The van der Waals surface area contributed by atoms with Crippen LogP contribution in [0.3, 0.4) is 0 Å². The zero-order chi connectivity index (χ0) is 23.2. The lowest BCUT2D eigenvalue weighted by molar-refractivity contribution is -0.129. The molecule has 2 aliphatic rings. The van der Waals surface area contributed by atoms with E-state index in [-0.39, 0.29) is 11.5 Å². The van der Waals surface area contributed by atoms with Gasteiger partial charge in [-0.1, -0.05) is 6.07 Å². The Morgan fingerprint density at radius 1 is 1.25 bits per heavy atom. The fourth-order valence-electron chi connectivity index (χ4n) is 4.43. The summed E-state index contributed by atoms with van der Waals surface area (Å²) in [6.07, 6.45) is -2.10. The Bertz CT molecular complexity index is 1130. The van der Waals surface area contributed by atoms with Crippen LogP contribution in [-0.2, 0) is 31.2 Å². The minimum atomic E-state index is -4.64. The first-order chi connectivity index (χ1) is 15.1. The summed E-state index contributed by atoms with van der Waals surface area (Å²) < 4.78 is 41.5. The second kappa shape index (κ2) is 7.99. The van der Waals surface area contributed by atoms with Gasteiger partial charge in [0.05, 0.1) is 6.54 Å². The molecule has 4 rings (SSSR count). The van der Waals surface area contributed by atoms with E-state index in [1.165, 1.54) is 7.05 Å². The van der Waals surface area contributed by atoms with Gasteiger partial charge in [0, 0.05) is 69.3 Å². The van der Waals surface area contributed by atoms with Crippen molar-refractivity contribution in [3.05, 3.63) is 46.3 Å². The number of hydrogen-bond acceptors (Lipinski definition) is 5. The number of anilines is 2. The van der Waals surface area contributed by atoms with E-state index < -0.39 is 11.9 Å². The molecule has 2 aliphatic heterocycles. The molecule has 0 unspecified atom stereocenters. The summed E-state index contributed by atoms with van der Waals surface area (Å²) in [6.45, 7) is 3.37. The number of amides is 1. The van der Waals surface area contributed by atoms with E-state index in [2.05, 4.69) is 9.89 Å². The number of aliphatic imine (C=N–C) groups is 1. The monoisotopic (exact) mass is 446 g/mol. The summed E-state index contributed by atoms with van der Waals surface area (Å²) in [5.74, 6) is 0.816. The summed E-state index contributed by atoms with van der Waals surface area (Å²) in [6, 6.07) is 5.17. The van der Waals surface area contributed by atoms with Crippen molar-refractivity contribution in [2.45, 2.75) is 32.5 Å². The summed E-state index contributed by atoms with van der Waals surface area (Å²) in [7, 11) is 3.31. The maximum atomic E-state index is 13.2. The molecule has 0 radical (unpaired) electrons. The second-order valence-corrected chi connectivity index (χ2v) is 8.02. The van der Waals surface area contributed by atoms with Gasteiger partial charge < -0.3 is 15.5 Å². The third kappa shape index (κ3) is 3.74. The lowest BCUT2D eigenvalue weighted by atomic mass is 10.0. The highest BCUT2D eigenvalue weighted by atomic mass is 19.4. The van der Waals surface area contributed by atoms with Crippen molar-refractivity contribution in [3.8, 4) is 0 Å². The number of nitrogens with zero attached hydrogens (tertiary/aromatic N) is 5. The Labute approximate surface area is 184 Å². The average molecular weight is 446 g/mol. The molecule has 2 aromatic rings. The van der Waals surface area contributed by atoms with Gasteiger partial charge in [-0.2, -0.15) is 18.3 Å². The number of nitrogens with two attached hydrogens (primary N) is 1. The molecule has 0 fully saturated rings. The van der Waals surface area contributed by atoms with Gasteiger partial charge in [0.1, 0.15) is 5.70 Å². The van der Waals surface area contributed by atoms with E-state index in [1.54, 1.807) is 30.0 Å². The second-order valence-electron chi connectivity index (χ2n) is 8.02. The summed E-state index contributed by atoms with van der Waals surface area (Å²) in [5.41, 5.74) is 8.39. The van der Waals surface area contributed by atoms with Crippen molar-refractivity contribution in [2.24, 2.45) is 17.8 Å². The molecule has 2 N–H and O–H groups in total. The highest BCUT2D eigenvalue weighted by Crippen LogP contribution is 2.39. The standard InChI is InChI=1S/C22H25F3N6O/c1-13(32)30-8-7-19-17(12-30)21(28-29(19)3)31-9-6-15-10-14(4-5-18(15)31)16(11-27-2)20(26)22(23,24)25/h4-5,10-11H,6-9,12,26H2,1-3H3. The first-order valence-electron chi connectivity index (χ1n) is 10.3. The highest BCUT2D eigenvalue weighted by molar-refractivity contribution is 6.11. The summed E-state index contributed by atoms with van der Waals surface area (Å²) >= 11 is 0. The number of aryl methyl sites for hydroxylation is 1. The van der Waals surface area contributed by atoms with E-state index in [9.17, 15) is 18.0 Å². The predicted molar refractivity (Wildman–Crippen MR) is 117 cm³/mol. The topological polar surface area (TPSA) is 79.8 Å². The molecular formula is C22H25F3N6O. The number of alkyl halides is 3.